The highest BCUT2D eigenvalue weighted by Crippen LogP contribution is 2.14. The standard InChI is InChI=1S/C9H11NS/c1-3-5-10-8(2)9-4-6-11-7-9/h1,4,6-8,10H,5H2,2H3. The predicted octanol–water partition coefficient (Wildman–Crippen LogP) is 2.03. The Morgan fingerprint density at radius 3 is 3.18 bits per heavy atom. The van der Waals surface area contributed by atoms with Gasteiger partial charge in [0.1, 0.15) is 0 Å². The van der Waals surface area contributed by atoms with Crippen molar-refractivity contribution in [1.29, 1.82) is 0 Å². The zero-order valence-electron chi connectivity index (χ0n) is 6.50. The Morgan fingerprint density at radius 2 is 2.64 bits per heavy atom. The predicted molar refractivity (Wildman–Crippen MR) is 49.6 cm³/mol. The molecule has 58 valence electrons. The number of nitrogens with one attached hydrogen (secondary N) is 1. The van der Waals surface area contributed by atoms with Gasteiger partial charge in [-0.3, -0.25) is 5.32 Å². The fraction of sp³-hybridized carbons (Fsp3) is 0.333. The molecule has 0 spiro atoms. The van der Waals surface area contributed by atoms with Crippen molar-refractivity contribution in [1.82, 2.24) is 5.32 Å². The second-order valence-electron chi connectivity index (χ2n) is 2.36. The molecule has 0 aliphatic heterocycles. The van der Waals surface area contributed by atoms with Gasteiger partial charge in [-0.1, -0.05) is 5.92 Å². The second kappa shape index (κ2) is 4.17. The van der Waals surface area contributed by atoms with Gasteiger partial charge in [0.25, 0.3) is 0 Å². The summed E-state index contributed by atoms with van der Waals surface area (Å²) >= 11 is 1.71. The monoisotopic (exact) mass is 165 g/mol. The molecule has 11 heavy (non-hydrogen) atoms. The summed E-state index contributed by atoms with van der Waals surface area (Å²) in [7, 11) is 0. The highest BCUT2D eigenvalue weighted by atomic mass is 32.1. The quantitative estimate of drug-likeness (QED) is 0.676. The molecular formula is C9H11NS. The molecule has 1 unspecified atom stereocenters. The molecule has 0 radical (unpaired) electrons. The minimum atomic E-state index is 0.372. The van der Waals surface area contributed by atoms with Crippen LogP contribution in [0.1, 0.15) is 18.5 Å². The summed E-state index contributed by atoms with van der Waals surface area (Å²) in [6.45, 7) is 2.75. The maximum Gasteiger partial charge on any atom is 0.0578 e. The highest BCUT2D eigenvalue weighted by molar-refractivity contribution is 7.07. The van der Waals surface area contributed by atoms with Gasteiger partial charge < -0.3 is 0 Å². The fourth-order valence-electron chi connectivity index (χ4n) is 0.851. The van der Waals surface area contributed by atoms with Crippen molar-refractivity contribution in [2.75, 3.05) is 6.54 Å². The van der Waals surface area contributed by atoms with Gasteiger partial charge in [-0.15, -0.1) is 6.42 Å². The molecule has 0 saturated carbocycles. The Balaban J connectivity index is 2.44. The molecule has 1 atom stereocenters. The first-order chi connectivity index (χ1) is 5.34. The molecule has 2 heteroatoms. The molecule has 0 bridgehead atoms. The van der Waals surface area contributed by atoms with Crippen LogP contribution in [0.15, 0.2) is 16.8 Å². The smallest absolute Gasteiger partial charge is 0.0578 e. The van der Waals surface area contributed by atoms with Gasteiger partial charge in [0.15, 0.2) is 0 Å². The summed E-state index contributed by atoms with van der Waals surface area (Å²) in [6, 6.07) is 2.48. The molecule has 0 amide bonds. The number of hydrogen-bond donors (Lipinski definition) is 1. The topological polar surface area (TPSA) is 12.0 Å². The summed E-state index contributed by atoms with van der Waals surface area (Å²) in [4.78, 5) is 0. The number of terminal acetylenes is 1. The lowest BCUT2D eigenvalue weighted by Crippen LogP contribution is -2.17. The molecule has 1 heterocycles. The minimum absolute atomic E-state index is 0.372. The number of thiophene rings is 1. The molecule has 0 aliphatic rings. The maximum absolute atomic E-state index is 5.12. The van der Waals surface area contributed by atoms with E-state index in [2.05, 4.69) is 35.0 Å². The van der Waals surface area contributed by atoms with Gasteiger partial charge in [-0.25, -0.2) is 0 Å². The average molecular weight is 165 g/mol. The fourth-order valence-corrected chi connectivity index (χ4v) is 1.61. The second-order valence-corrected chi connectivity index (χ2v) is 3.14. The van der Waals surface area contributed by atoms with E-state index in [0.717, 1.165) is 0 Å². The molecule has 0 saturated heterocycles. The van der Waals surface area contributed by atoms with E-state index in [4.69, 9.17) is 6.42 Å². The third kappa shape index (κ3) is 2.38. The van der Waals surface area contributed by atoms with Crippen LogP contribution in [0.3, 0.4) is 0 Å². The molecular weight excluding hydrogens is 154 g/mol. The number of rotatable bonds is 3. The van der Waals surface area contributed by atoms with E-state index in [1.54, 1.807) is 11.3 Å². The average Bonchev–Trinajstić information content (AvgIpc) is 2.52. The zero-order chi connectivity index (χ0) is 8.10. The Bertz CT molecular complexity index is 233. The van der Waals surface area contributed by atoms with Gasteiger partial charge in [-0.2, -0.15) is 11.3 Å². The van der Waals surface area contributed by atoms with Crippen LogP contribution in [-0.4, -0.2) is 6.54 Å². The van der Waals surface area contributed by atoms with Crippen molar-refractivity contribution in [2.45, 2.75) is 13.0 Å². The minimum Gasteiger partial charge on any atom is -0.300 e. The van der Waals surface area contributed by atoms with E-state index in [1.807, 2.05) is 0 Å². The first-order valence-corrected chi connectivity index (χ1v) is 4.48. The normalized spacial score (nSPS) is 12.4. The largest absolute Gasteiger partial charge is 0.300 e. The van der Waals surface area contributed by atoms with Crippen molar-refractivity contribution in [3.8, 4) is 12.3 Å². The SMILES string of the molecule is C#CCNC(C)c1ccsc1. The van der Waals surface area contributed by atoms with Crippen LogP contribution >= 0.6 is 11.3 Å². The van der Waals surface area contributed by atoms with E-state index in [-0.39, 0.29) is 0 Å². The van der Waals surface area contributed by atoms with Gasteiger partial charge in [0.05, 0.1) is 6.54 Å². The van der Waals surface area contributed by atoms with Crippen LogP contribution in [0.25, 0.3) is 0 Å². The van der Waals surface area contributed by atoms with E-state index in [9.17, 15) is 0 Å². The summed E-state index contributed by atoms with van der Waals surface area (Å²) in [5.74, 6) is 2.55. The van der Waals surface area contributed by atoms with Crippen LogP contribution in [0.5, 0.6) is 0 Å². The Hall–Kier alpha value is -0.780. The van der Waals surface area contributed by atoms with Crippen LogP contribution in [0.2, 0.25) is 0 Å². The molecule has 1 aromatic rings. The highest BCUT2D eigenvalue weighted by Gasteiger charge is 2.01. The van der Waals surface area contributed by atoms with Crippen molar-refractivity contribution in [3.05, 3.63) is 22.4 Å². The first-order valence-electron chi connectivity index (χ1n) is 3.53. The summed E-state index contributed by atoms with van der Waals surface area (Å²) in [5, 5.41) is 7.41. The lowest BCUT2D eigenvalue weighted by Gasteiger charge is -2.08. The zero-order valence-corrected chi connectivity index (χ0v) is 7.32. The Labute approximate surface area is 71.4 Å². The van der Waals surface area contributed by atoms with Crippen LogP contribution in [-0.2, 0) is 0 Å². The van der Waals surface area contributed by atoms with Gasteiger partial charge in [0.2, 0.25) is 0 Å². The summed E-state index contributed by atoms with van der Waals surface area (Å²) in [5.41, 5.74) is 1.31. The third-order valence-electron chi connectivity index (χ3n) is 1.55. The molecule has 1 aromatic heterocycles. The summed E-state index contributed by atoms with van der Waals surface area (Å²) in [6.07, 6.45) is 5.12. The van der Waals surface area contributed by atoms with Gasteiger partial charge in [0, 0.05) is 6.04 Å². The molecule has 0 fully saturated rings. The van der Waals surface area contributed by atoms with Crippen molar-refractivity contribution in [2.24, 2.45) is 0 Å². The first kappa shape index (κ1) is 8.32. The molecule has 1 nitrogen and oxygen atoms in total. The molecule has 0 aromatic carbocycles. The van der Waals surface area contributed by atoms with Crippen LogP contribution in [0.4, 0.5) is 0 Å². The van der Waals surface area contributed by atoms with E-state index < -0.39 is 0 Å². The maximum atomic E-state index is 5.12. The molecule has 1 N–H and O–H groups in total. The van der Waals surface area contributed by atoms with Gasteiger partial charge in [-0.05, 0) is 29.3 Å². The Kier molecular flexibility index (Phi) is 3.15. The molecule has 1 rings (SSSR count). The van der Waals surface area contributed by atoms with Crippen LogP contribution < -0.4 is 5.32 Å². The van der Waals surface area contributed by atoms with Crippen molar-refractivity contribution < 1.29 is 0 Å². The van der Waals surface area contributed by atoms with Crippen molar-refractivity contribution >= 4 is 11.3 Å². The lowest BCUT2D eigenvalue weighted by atomic mass is 10.2. The summed E-state index contributed by atoms with van der Waals surface area (Å²) < 4.78 is 0. The molecule has 0 aliphatic carbocycles. The third-order valence-corrected chi connectivity index (χ3v) is 2.25. The van der Waals surface area contributed by atoms with E-state index >= 15 is 0 Å². The van der Waals surface area contributed by atoms with Gasteiger partial charge >= 0.3 is 0 Å². The van der Waals surface area contributed by atoms with E-state index in [1.165, 1.54) is 5.56 Å². The lowest BCUT2D eigenvalue weighted by molar-refractivity contribution is 0.625. The van der Waals surface area contributed by atoms with Crippen molar-refractivity contribution in [3.63, 3.8) is 0 Å². The number of hydrogen-bond acceptors (Lipinski definition) is 2. The van der Waals surface area contributed by atoms with E-state index in [0.29, 0.717) is 12.6 Å². The Morgan fingerprint density at radius 1 is 1.82 bits per heavy atom. The van der Waals surface area contributed by atoms with Crippen LogP contribution in [0, 0.1) is 12.3 Å².